The summed E-state index contributed by atoms with van der Waals surface area (Å²) in [5, 5.41) is 0. The van der Waals surface area contributed by atoms with Crippen molar-refractivity contribution in [3.8, 4) is 11.8 Å². The zero-order chi connectivity index (χ0) is 10.5. The van der Waals surface area contributed by atoms with Gasteiger partial charge in [0.05, 0.1) is 18.6 Å². The Morgan fingerprint density at radius 1 is 1.27 bits per heavy atom. The molecule has 74 valence electrons. The van der Waals surface area contributed by atoms with E-state index in [0.717, 1.165) is 11.4 Å². The largest absolute Gasteiger partial charge is 0.326 e. The van der Waals surface area contributed by atoms with Crippen molar-refractivity contribution in [2.75, 3.05) is 0 Å². The van der Waals surface area contributed by atoms with Crippen LogP contribution >= 0.6 is 0 Å². The first kappa shape index (κ1) is 9.41. The van der Waals surface area contributed by atoms with E-state index in [0.29, 0.717) is 6.54 Å². The topological polar surface area (TPSA) is 43.6 Å². The van der Waals surface area contributed by atoms with Crippen molar-refractivity contribution in [3.63, 3.8) is 0 Å². The van der Waals surface area contributed by atoms with Gasteiger partial charge in [-0.15, -0.1) is 0 Å². The van der Waals surface area contributed by atoms with Crippen LogP contribution in [0, 0.1) is 18.8 Å². The Kier molecular flexibility index (Phi) is 2.75. The molecule has 2 aromatic rings. The Balaban J connectivity index is 2.09. The van der Waals surface area contributed by atoms with Crippen LogP contribution in [-0.4, -0.2) is 19.5 Å². The number of hydrogen-bond acceptors (Lipinski definition) is 3. The lowest BCUT2D eigenvalue weighted by atomic mass is 10.3. The van der Waals surface area contributed by atoms with Crippen molar-refractivity contribution in [1.29, 1.82) is 0 Å². The number of aryl methyl sites for hydroxylation is 1. The van der Waals surface area contributed by atoms with Crippen molar-refractivity contribution < 1.29 is 0 Å². The molecule has 4 nitrogen and oxygen atoms in total. The molecule has 0 saturated carbocycles. The fourth-order valence-electron chi connectivity index (χ4n) is 1.13. The summed E-state index contributed by atoms with van der Waals surface area (Å²) in [5.74, 6) is 5.99. The van der Waals surface area contributed by atoms with Crippen LogP contribution in [0.25, 0.3) is 0 Å². The standard InChI is InChI=1S/C11H10N4/c1-10-11(14-5-4-13-10)3-2-7-15-8-6-12-9-15/h4-6,8-9H,7H2,1H3. The van der Waals surface area contributed by atoms with Gasteiger partial charge in [-0.2, -0.15) is 0 Å². The second-order valence-corrected chi connectivity index (χ2v) is 3.03. The van der Waals surface area contributed by atoms with Gasteiger partial charge in [0.25, 0.3) is 0 Å². The first-order valence-electron chi connectivity index (χ1n) is 4.58. The third-order valence-corrected chi connectivity index (χ3v) is 1.91. The third-order valence-electron chi connectivity index (χ3n) is 1.91. The van der Waals surface area contributed by atoms with Gasteiger partial charge in [-0.1, -0.05) is 5.92 Å². The fourth-order valence-corrected chi connectivity index (χ4v) is 1.13. The summed E-state index contributed by atoms with van der Waals surface area (Å²) in [4.78, 5) is 12.2. The highest BCUT2D eigenvalue weighted by Gasteiger charge is 1.93. The van der Waals surface area contributed by atoms with Gasteiger partial charge < -0.3 is 4.57 Å². The van der Waals surface area contributed by atoms with Crippen molar-refractivity contribution in [2.24, 2.45) is 0 Å². The summed E-state index contributed by atoms with van der Waals surface area (Å²) in [6, 6.07) is 0. The second kappa shape index (κ2) is 4.38. The second-order valence-electron chi connectivity index (χ2n) is 3.03. The SMILES string of the molecule is Cc1nccnc1C#CCn1ccnc1. The minimum Gasteiger partial charge on any atom is -0.326 e. The fraction of sp³-hybridized carbons (Fsp3) is 0.182. The van der Waals surface area contributed by atoms with Gasteiger partial charge in [0, 0.05) is 24.8 Å². The van der Waals surface area contributed by atoms with Crippen LogP contribution in [0.2, 0.25) is 0 Å². The predicted octanol–water partition coefficient (Wildman–Crippen LogP) is 1.03. The Morgan fingerprint density at radius 2 is 2.13 bits per heavy atom. The zero-order valence-corrected chi connectivity index (χ0v) is 8.38. The van der Waals surface area contributed by atoms with Crippen LogP contribution in [0.4, 0.5) is 0 Å². The average Bonchev–Trinajstić information content (AvgIpc) is 2.74. The molecule has 4 heteroatoms. The Labute approximate surface area is 88.0 Å². The molecular weight excluding hydrogens is 188 g/mol. The van der Waals surface area contributed by atoms with Crippen LogP contribution in [0.15, 0.2) is 31.1 Å². The highest BCUT2D eigenvalue weighted by Crippen LogP contribution is 1.96. The molecule has 0 saturated heterocycles. The molecule has 2 rings (SSSR count). The maximum Gasteiger partial charge on any atom is 0.134 e. The molecule has 0 N–H and O–H groups in total. The van der Waals surface area contributed by atoms with Crippen molar-refractivity contribution in [2.45, 2.75) is 13.5 Å². The molecular formula is C11H10N4. The number of hydrogen-bond donors (Lipinski definition) is 0. The predicted molar refractivity (Wildman–Crippen MR) is 55.9 cm³/mol. The average molecular weight is 198 g/mol. The monoisotopic (exact) mass is 198 g/mol. The van der Waals surface area contributed by atoms with Gasteiger partial charge in [0.2, 0.25) is 0 Å². The zero-order valence-electron chi connectivity index (χ0n) is 8.38. The summed E-state index contributed by atoms with van der Waals surface area (Å²) in [5.41, 5.74) is 1.59. The van der Waals surface area contributed by atoms with Gasteiger partial charge in [-0.3, -0.25) is 4.98 Å². The molecule has 15 heavy (non-hydrogen) atoms. The normalized spacial score (nSPS) is 9.40. The van der Waals surface area contributed by atoms with E-state index in [4.69, 9.17) is 0 Å². The number of nitrogens with zero attached hydrogens (tertiary/aromatic N) is 4. The lowest BCUT2D eigenvalue weighted by Crippen LogP contribution is -1.93. The van der Waals surface area contributed by atoms with E-state index in [2.05, 4.69) is 26.8 Å². The summed E-state index contributed by atoms with van der Waals surface area (Å²) in [6.07, 6.45) is 8.65. The molecule has 0 aliphatic carbocycles. The number of imidazole rings is 1. The summed E-state index contributed by atoms with van der Waals surface area (Å²) >= 11 is 0. The Hall–Kier alpha value is -2.15. The summed E-state index contributed by atoms with van der Waals surface area (Å²) < 4.78 is 1.90. The minimum atomic E-state index is 0.621. The van der Waals surface area contributed by atoms with Crippen LogP contribution in [0.5, 0.6) is 0 Å². The van der Waals surface area contributed by atoms with E-state index in [-0.39, 0.29) is 0 Å². The van der Waals surface area contributed by atoms with E-state index < -0.39 is 0 Å². The smallest absolute Gasteiger partial charge is 0.134 e. The quantitative estimate of drug-likeness (QED) is 0.643. The maximum atomic E-state index is 4.14. The maximum absolute atomic E-state index is 4.14. The first-order chi connectivity index (χ1) is 7.36. The highest BCUT2D eigenvalue weighted by molar-refractivity contribution is 5.30. The number of rotatable bonds is 1. The molecule has 0 fully saturated rings. The van der Waals surface area contributed by atoms with Gasteiger partial charge >= 0.3 is 0 Å². The van der Waals surface area contributed by atoms with E-state index >= 15 is 0 Å². The molecule has 0 aliphatic rings. The lowest BCUT2D eigenvalue weighted by molar-refractivity contribution is 0.839. The third kappa shape index (κ3) is 2.41. The molecule has 0 spiro atoms. The molecule has 0 radical (unpaired) electrons. The van der Waals surface area contributed by atoms with Gasteiger partial charge in [-0.05, 0) is 12.8 Å². The molecule has 0 aliphatic heterocycles. The molecule has 0 atom stereocenters. The van der Waals surface area contributed by atoms with E-state index in [1.807, 2.05) is 17.7 Å². The lowest BCUT2D eigenvalue weighted by Gasteiger charge is -1.93. The minimum absolute atomic E-state index is 0.621. The van der Waals surface area contributed by atoms with Crippen LogP contribution in [0.1, 0.15) is 11.4 Å². The van der Waals surface area contributed by atoms with E-state index in [9.17, 15) is 0 Å². The molecule has 0 aromatic carbocycles. The van der Waals surface area contributed by atoms with Crippen LogP contribution in [0.3, 0.4) is 0 Å². The summed E-state index contributed by atoms with van der Waals surface area (Å²) in [6.45, 7) is 2.52. The molecule has 2 heterocycles. The van der Waals surface area contributed by atoms with E-state index in [1.165, 1.54) is 0 Å². The van der Waals surface area contributed by atoms with Gasteiger partial charge in [-0.25, -0.2) is 9.97 Å². The van der Waals surface area contributed by atoms with Crippen LogP contribution < -0.4 is 0 Å². The Morgan fingerprint density at radius 3 is 2.87 bits per heavy atom. The molecule has 0 amide bonds. The summed E-state index contributed by atoms with van der Waals surface area (Å²) in [7, 11) is 0. The van der Waals surface area contributed by atoms with Crippen LogP contribution in [-0.2, 0) is 6.54 Å². The van der Waals surface area contributed by atoms with Crippen molar-refractivity contribution in [3.05, 3.63) is 42.5 Å². The first-order valence-corrected chi connectivity index (χ1v) is 4.58. The van der Waals surface area contributed by atoms with E-state index in [1.54, 1.807) is 24.9 Å². The molecule has 0 unspecified atom stereocenters. The molecule has 2 aromatic heterocycles. The molecule has 0 bridgehead atoms. The van der Waals surface area contributed by atoms with Crippen molar-refractivity contribution >= 4 is 0 Å². The van der Waals surface area contributed by atoms with Crippen molar-refractivity contribution in [1.82, 2.24) is 19.5 Å². The number of aromatic nitrogens is 4. The van der Waals surface area contributed by atoms with Gasteiger partial charge in [0.15, 0.2) is 0 Å². The van der Waals surface area contributed by atoms with Gasteiger partial charge in [0.1, 0.15) is 5.69 Å². The highest BCUT2D eigenvalue weighted by atomic mass is 15.0. The Bertz CT molecular complexity index is 491.